The molecule has 0 bridgehead atoms. The maximum absolute atomic E-state index is 12.9. The van der Waals surface area contributed by atoms with Gasteiger partial charge in [0, 0.05) is 18.5 Å². The molecule has 3 rings (SSSR count). The fraction of sp³-hybridized carbons (Fsp3) is 0.385. The van der Waals surface area contributed by atoms with Crippen LogP contribution >= 0.6 is 0 Å². The number of fused-ring (bicyclic) bond motifs is 1. The van der Waals surface area contributed by atoms with Crippen molar-refractivity contribution >= 4 is 0 Å². The van der Waals surface area contributed by atoms with E-state index in [0.717, 1.165) is 30.2 Å². The van der Waals surface area contributed by atoms with Crippen LogP contribution in [0, 0.1) is 11.7 Å². The Morgan fingerprint density at radius 1 is 1.24 bits per heavy atom. The minimum Gasteiger partial charge on any atom is -0.311 e. The van der Waals surface area contributed by atoms with Crippen LogP contribution in [0.25, 0.3) is 11.4 Å². The molecule has 1 aromatic heterocycles. The maximum atomic E-state index is 12.9. The fourth-order valence-electron chi connectivity index (χ4n) is 2.30. The second-order valence-electron chi connectivity index (χ2n) is 4.70. The van der Waals surface area contributed by atoms with E-state index in [4.69, 9.17) is 0 Å². The van der Waals surface area contributed by atoms with Crippen molar-refractivity contribution in [2.75, 3.05) is 0 Å². The summed E-state index contributed by atoms with van der Waals surface area (Å²) in [5.41, 5.74) is 0.930. The predicted octanol–water partition coefficient (Wildman–Crippen LogP) is 2.67. The molecule has 0 N–H and O–H groups in total. The van der Waals surface area contributed by atoms with Crippen molar-refractivity contribution in [3.63, 3.8) is 0 Å². The third-order valence-electron chi connectivity index (χ3n) is 3.28. The smallest absolute Gasteiger partial charge is 0.163 e. The van der Waals surface area contributed by atoms with E-state index in [1.165, 1.54) is 18.6 Å². The lowest BCUT2D eigenvalue weighted by molar-refractivity contribution is 0.396. The van der Waals surface area contributed by atoms with Gasteiger partial charge in [0.15, 0.2) is 5.82 Å². The molecule has 0 fully saturated rings. The van der Waals surface area contributed by atoms with E-state index in [9.17, 15) is 4.39 Å². The van der Waals surface area contributed by atoms with Crippen LogP contribution in [-0.2, 0) is 13.0 Å². The Balaban J connectivity index is 2.04. The molecular weight excluding hydrogens is 217 g/mol. The van der Waals surface area contributed by atoms with E-state index in [-0.39, 0.29) is 5.82 Å². The summed E-state index contributed by atoms with van der Waals surface area (Å²) < 4.78 is 15.0. The first-order chi connectivity index (χ1) is 8.24. The normalized spacial score (nSPS) is 19.1. The molecule has 1 aliphatic rings. The van der Waals surface area contributed by atoms with Gasteiger partial charge in [0.25, 0.3) is 0 Å². The van der Waals surface area contributed by atoms with Gasteiger partial charge in [0.1, 0.15) is 11.6 Å². The van der Waals surface area contributed by atoms with Gasteiger partial charge in [-0.2, -0.15) is 0 Å². The molecule has 0 saturated heterocycles. The van der Waals surface area contributed by atoms with Crippen LogP contribution in [0.15, 0.2) is 24.3 Å². The average molecular weight is 231 g/mol. The minimum atomic E-state index is -0.222. The first-order valence-corrected chi connectivity index (χ1v) is 5.92. The number of aryl methyl sites for hydroxylation is 1. The zero-order valence-electron chi connectivity index (χ0n) is 9.73. The van der Waals surface area contributed by atoms with Crippen LogP contribution in [0.1, 0.15) is 19.2 Å². The quantitative estimate of drug-likeness (QED) is 0.755. The lowest BCUT2D eigenvalue weighted by Gasteiger charge is -2.20. The molecule has 2 heterocycles. The number of hydrogen-bond donors (Lipinski definition) is 0. The Labute approximate surface area is 99.3 Å². The average Bonchev–Trinajstić information content (AvgIpc) is 2.73. The number of rotatable bonds is 1. The molecule has 88 valence electrons. The van der Waals surface area contributed by atoms with Gasteiger partial charge in [-0.25, -0.2) is 4.39 Å². The second kappa shape index (κ2) is 3.95. The molecule has 0 spiro atoms. The van der Waals surface area contributed by atoms with Crippen LogP contribution in [0.5, 0.6) is 0 Å². The Bertz CT molecular complexity index is 530. The molecule has 0 saturated carbocycles. The van der Waals surface area contributed by atoms with Crippen molar-refractivity contribution in [1.29, 1.82) is 0 Å². The van der Waals surface area contributed by atoms with E-state index in [0.29, 0.717) is 5.92 Å². The van der Waals surface area contributed by atoms with E-state index < -0.39 is 0 Å². The van der Waals surface area contributed by atoms with Crippen molar-refractivity contribution in [2.24, 2.45) is 5.92 Å². The molecule has 0 amide bonds. The van der Waals surface area contributed by atoms with Gasteiger partial charge in [-0.1, -0.05) is 6.92 Å². The van der Waals surface area contributed by atoms with Crippen molar-refractivity contribution in [1.82, 2.24) is 14.8 Å². The summed E-state index contributed by atoms with van der Waals surface area (Å²) in [6.07, 6.45) is 2.15. The van der Waals surface area contributed by atoms with E-state index in [1.54, 1.807) is 12.1 Å². The highest BCUT2D eigenvalue weighted by atomic mass is 19.1. The van der Waals surface area contributed by atoms with Crippen molar-refractivity contribution < 1.29 is 4.39 Å². The highest BCUT2D eigenvalue weighted by Crippen LogP contribution is 2.25. The topological polar surface area (TPSA) is 30.7 Å². The Morgan fingerprint density at radius 2 is 2.00 bits per heavy atom. The number of benzene rings is 1. The molecule has 3 nitrogen and oxygen atoms in total. The third-order valence-corrected chi connectivity index (χ3v) is 3.28. The molecule has 1 aliphatic heterocycles. The summed E-state index contributed by atoms with van der Waals surface area (Å²) in [6, 6.07) is 6.43. The molecule has 2 aromatic rings. The van der Waals surface area contributed by atoms with E-state index >= 15 is 0 Å². The molecule has 1 unspecified atom stereocenters. The van der Waals surface area contributed by atoms with Crippen LogP contribution < -0.4 is 0 Å². The van der Waals surface area contributed by atoms with E-state index in [1.807, 2.05) is 0 Å². The summed E-state index contributed by atoms with van der Waals surface area (Å²) in [6.45, 7) is 3.19. The Hall–Kier alpha value is -1.71. The largest absolute Gasteiger partial charge is 0.311 e. The van der Waals surface area contributed by atoms with Gasteiger partial charge >= 0.3 is 0 Å². The standard InChI is InChI=1S/C13H14FN3/c1-9-2-7-12-15-16-13(17(12)8-9)10-3-5-11(14)6-4-10/h3-6,9H,2,7-8H2,1H3. The molecule has 1 atom stereocenters. The summed E-state index contributed by atoms with van der Waals surface area (Å²) >= 11 is 0. The van der Waals surface area contributed by atoms with Gasteiger partial charge in [0.2, 0.25) is 0 Å². The molecule has 4 heteroatoms. The number of halogens is 1. The van der Waals surface area contributed by atoms with Gasteiger partial charge in [-0.05, 0) is 36.6 Å². The molecule has 1 aromatic carbocycles. The number of aromatic nitrogens is 3. The van der Waals surface area contributed by atoms with Gasteiger partial charge in [-0.15, -0.1) is 10.2 Å². The maximum Gasteiger partial charge on any atom is 0.163 e. The van der Waals surface area contributed by atoms with Crippen molar-refractivity contribution in [3.8, 4) is 11.4 Å². The fourth-order valence-corrected chi connectivity index (χ4v) is 2.30. The van der Waals surface area contributed by atoms with Crippen molar-refractivity contribution in [3.05, 3.63) is 35.9 Å². The summed E-state index contributed by atoms with van der Waals surface area (Å²) in [5.74, 6) is 2.33. The van der Waals surface area contributed by atoms with Crippen molar-refractivity contribution in [2.45, 2.75) is 26.3 Å². The van der Waals surface area contributed by atoms with Gasteiger partial charge < -0.3 is 4.57 Å². The minimum absolute atomic E-state index is 0.222. The number of nitrogens with zero attached hydrogens (tertiary/aromatic N) is 3. The van der Waals surface area contributed by atoms with Gasteiger partial charge in [0.05, 0.1) is 0 Å². The summed E-state index contributed by atoms with van der Waals surface area (Å²) in [7, 11) is 0. The third kappa shape index (κ3) is 1.84. The van der Waals surface area contributed by atoms with Crippen LogP contribution in [0.3, 0.4) is 0 Å². The SMILES string of the molecule is CC1CCc2nnc(-c3ccc(F)cc3)n2C1. The highest BCUT2D eigenvalue weighted by Gasteiger charge is 2.20. The first kappa shape index (κ1) is 10.4. The molecule has 17 heavy (non-hydrogen) atoms. The Morgan fingerprint density at radius 3 is 2.76 bits per heavy atom. The summed E-state index contributed by atoms with van der Waals surface area (Å²) in [4.78, 5) is 0. The summed E-state index contributed by atoms with van der Waals surface area (Å²) in [5, 5.41) is 8.43. The van der Waals surface area contributed by atoms with Gasteiger partial charge in [-0.3, -0.25) is 0 Å². The second-order valence-corrected chi connectivity index (χ2v) is 4.70. The highest BCUT2D eigenvalue weighted by molar-refractivity contribution is 5.55. The predicted molar refractivity (Wildman–Crippen MR) is 62.9 cm³/mol. The first-order valence-electron chi connectivity index (χ1n) is 5.92. The lowest BCUT2D eigenvalue weighted by Crippen LogP contribution is -2.18. The monoisotopic (exact) mass is 231 g/mol. The van der Waals surface area contributed by atoms with Crippen LogP contribution in [0.4, 0.5) is 4.39 Å². The molecule has 0 radical (unpaired) electrons. The zero-order valence-corrected chi connectivity index (χ0v) is 9.73. The van der Waals surface area contributed by atoms with E-state index in [2.05, 4.69) is 21.7 Å². The molecule has 0 aliphatic carbocycles. The zero-order chi connectivity index (χ0) is 11.8. The Kier molecular flexibility index (Phi) is 2.42. The molecular formula is C13H14FN3. The lowest BCUT2D eigenvalue weighted by atomic mass is 10.0. The van der Waals surface area contributed by atoms with Crippen LogP contribution in [-0.4, -0.2) is 14.8 Å². The van der Waals surface area contributed by atoms with Crippen LogP contribution in [0.2, 0.25) is 0 Å². The number of hydrogen-bond acceptors (Lipinski definition) is 2.